The topological polar surface area (TPSA) is 82.0 Å². The number of ketones is 1. The van der Waals surface area contributed by atoms with E-state index >= 15 is 0 Å². The first-order chi connectivity index (χ1) is 10.5. The molecule has 1 aliphatic carbocycles. The van der Waals surface area contributed by atoms with Gasteiger partial charge in [0, 0.05) is 28.2 Å². The van der Waals surface area contributed by atoms with Crippen molar-refractivity contribution in [3.8, 4) is 0 Å². The molecule has 2 aromatic heterocycles. The van der Waals surface area contributed by atoms with Gasteiger partial charge in [-0.25, -0.2) is 0 Å². The number of thiophene rings is 1. The Hall–Kier alpha value is -1.53. The molecule has 5 nitrogen and oxygen atoms in total. The molecule has 0 atom stereocenters. The lowest BCUT2D eigenvalue weighted by molar-refractivity contribution is 0.0979. The Balaban J connectivity index is 1.64. The minimum Gasteiger partial charge on any atom is -0.339 e. The Morgan fingerprint density at radius 3 is 2.77 bits per heavy atom. The Bertz CT molecular complexity index is 683. The van der Waals surface area contributed by atoms with Crippen molar-refractivity contribution >= 4 is 17.1 Å². The van der Waals surface area contributed by atoms with Gasteiger partial charge in [0.15, 0.2) is 11.6 Å². The quantitative estimate of drug-likeness (QED) is 0.855. The normalized spacial score (nSPS) is 17.0. The number of hydrogen-bond donors (Lipinski definition) is 1. The van der Waals surface area contributed by atoms with Gasteiger partial charge in [-0.3, -0.25) is 4.79 Å². The molecule has 0 bridgehead atoms. The summed E-state index contributed by atoms with van der Waals surface area (Å²) in [6, 6.07) is 1.95. The predicted molar refractivity (Wildman–Crippen MR) is 85.1 cm³/mol. The van der Waals surface area contributed by atoms with E-state index in [1.165, 1.54) is 0 Å². The summed E-state index contributed by atoms with van der Waals surface area (Å²) in [4.78, 5) is 18.9. The maximum Gasteiger partial charge on any atom is 0.227 e. The van der Waals surface area contributed by atoms with Crippen LogP contribution < -0.4 is 5.73 Å². The molecule has 0 spiro atoms. The molecule has 2 N–H and O–H groups in total. The van der Waals surface area contributed by atoms with Crippen LogP contribution in [0.15, 0.2) is 10.6 Å². The number of rotatable bonds is 5. The molecule has 1 fully saturated rings. The number of hydrogen-bond acceptors (Lipinski definition) is 6. The highest BCUT2D eigenvalue weighted by atomic mass is 32.1. The van der Waals surface area contributed by atoms with E-state index in [1.807, 2.05) is 19.9 Å². The van der Waals surface area contributed by atoms with Crippen LogP contribution >= 0.6 is 11.3 Å². The molecule has 0 aromatic carbocycles. The number of aryl methyl sites for hydroxylation is 3. The first-order valence-electron chi connectivity index (χ1n) is 7.70. The van der Waals surface area contributed by atoms with E-state index in [9.17, 15) is 4.79 Å². The monoisotopic (exact) mass is 319 g/mol. The number of Topliss-reactive ketones (excluding diaryl/α,β-unsaturated/α-hetero) is 1. The average Bonchev–Trinajstić information content (AvgIpc) is 3.17. The van der Waals surface area contributed by atoms with Gasteiger partial charge in [0.1, 0.15) is 0 Å². The van der Waals surface area contributed by atoms with Gasteiger partial charge in [-0.2, -0.15) is 4.98 Å². The molecule has 2 aromatic rings. The lowest BCUT2D eigenvalue weighted by Crippen LogP contribution is -2.34. The van der Waals surface area contributed by atoms with Crippen molar-refractivity contribution in [1.82, 2.24) is 10.1 Å². The van der Waals surface area contributed by atoms with Crippen LogP contribution in [0, 0.1) is 13.8 Å². The van der Waals surface area contributed by atoms with Crippen LogP contribution in [0.25, 0.3) is 0 Å². The minimum atomic E-state index is -0.438. The molecule has 0 aliphatic heterocycles. The van der Waals surface area contributed by atoms with Crippen LogP contribution in [-0.2, 0) is 12.0 Å². The summed E-state index contributed by atoms with van der Waals surface area (Å²) in [7, 11) is 0. The second-order valence-electron chi connectivity index (χ2n) is 6.13. The third-order valence-corrected chi connectivity index (χ3v) is 5.28. The van der Waals surface area contributed by atoms with Crippen molar-refractivity contribution in [2.75, 3.05) is 0 Å². The van der Waals surface area contributed by atoms with Crippen molar-refractivity contribution < 1.29 is 9.32 Å². The molecule has 1 aliphatic rings. The zero-order valence-corrected chi connectivity index (χ0v) is 13.8. The first kappa shape index (κ1) is 15.4. The number of carbonyl (C=O) groups is 1. The number of aromatic nitrogens is 2. The highest BCUT2D eigenvalue weighted by molar-refractivity contribution is 7.12. The molecule has 0 saturated heterocycles. The van der Waals surface area contributed by atoms with Crippen LogP contribution in [0.5, 0.6) is 0 Å². The second-order valence-corrected chi connectivity index (χ2v) is 7.59. The molecular formula is C16H21N3O2S. The zero-order chi connectivity index (χ0) is 15.7. The van der Waals surface area contributed by atoms with Crippen molar-refractivity contribution in [2.45, 2.75) is 57.9 Å². The molecule has 3 rings (SSSR count). The molecule has 0 unspecified atom stereocenters. The minimum absolute atomic E-state index is 0.130. The van der Waals surface area contributed by atoms with Crippen molar-refractivity contribution in [1.29, 1.82) is 0 Å². The lowest BCUT2D eigenvalue weighted by Gasteiger charge is -2.17. The van der Waals surface area contributed by atoms with E-state index in [1.54, 1.807) is 11.3 Å². The third kappa shape index (κ3) is 2.98. The lowest BCUT2D eigenvalue weighted by atomic mass is 9.99. The Morgan fingerprint density at radius 2 is 2.14 bits per heavy atom. The summed E-state index contributed by atoms with van der Waals surface area (Å²) >= 11 is 1.65. The van der Waals surface area contributed by atoms with Crippen LogP contribution in [0.2, 0.25) is 0 Å². The van der Waals surface area contributed by atoms with E-state index in [0.717, 1.165) is 41.0 Å². The Labute approximate surface area is 133 Å². The van der Waals surface area contributed by atoms with Gasteiger partial charge >= 0.3 is 0 Å². The van der Waals surface area contributed by atoms with Crippen molar-refractivity contribution in [3.63, 3.8) is 0 Å². The Kier molecular flexibility index (Phi) is 4.14. The van der Waals surface area contributed by atoms with Crippen LogP contribution in [-0.4, -0.2) is 15.9 Å². The third-order valence-electron chi connectivity index (χ3n) is 4.32. The van der Waals surface area contributed by atoms with E-state index < -0.39 is 5.54 Å². The highest BCUT2D eigenvalue weighted by Gasteiger charge is 2.35. The van der Waals surface area contributed by atoms with Crippen LogP contribution in [0.4, 0.5) is 0 Å². The predicted octanol–water partition coefficient (Wildman–Crippen LogP) is 3.29. The molecule has 0 amide bonds. The standard InChI is InChI=1S/C16H21N3O2S/c1-10-9-12(11(2)22-10)13(20)5-6-14-18-15(19-21-14)16(17)7-3-4-8-16/h9H,3-8,17H2,1-2H3. The number of carbonyl (C=O) groups excluding carboxylic acids is 1. The number of nitrogens with two attached hydrogens (primary N) is 1. The fourth-order valence-corrected chi connectivity index (χ4v) is 3.99. The maximum absolute atomic E-state index is 12.3. The summed E-state index contributed by atoms with van der Waals surface area (Å²) < 4.78 is 5.27. The summed E-state index contributed by atoms with van der Waals surface area (Å²) in [5.41, 5.74) is 6.69. The summed E-state index contributed by atoms with van der Waals surface area (Å²) in [5, 5.41) is 4.02. The van der Waals surface area contributed by atoms with Crippen molar-refractivity contribution in [3.05, 3.63) is 33.1 Å². The van der Waals surface area contributed by atoms with Gasteiger partial charge < -0.3 is 10.3 Å². The molecule has 6 heteroatoms. The largest absolute Gasteiger partial charge is 0.339 e. The summed E-state index contributed by atoms with van der Waals surface area (Å²) in [6.07, 6.45) is 4.87. The van der Waals surface area contributed by atoms with Gasteiger partial charge in [0.2, 0.25) is 5.89 Å². The van der Waals surface area contributed by atoms with Gasteiger partial charge in [-0.1, -0.05) is 18.0 Å². The molecule has 0 radical (unpaired) electrons. The Morgan fingerprint density at radius 1 is 1.41 bits per heavy atom. The molecule has 22 heavy (non-hydrogen) atoms. The first-order valence-corrected chi connectivity index (χ1v) is 8.52. The summed E-state index contributed by atoms with van der Waals surface area (Å²) in [6.45, 7) is 4.00. The van der Waals surface area contributed by atoms with Crippen LogP contribution in [0.3, 0.4) is 0 Å². The molecular weight excluding hydrogens is 298 g/mol. The number of nitrogens with zero attached hydrogens (tertiary/aromatic N) is 2. The summed E-state index contributed by atoms with van der Waals surface area (Å²) in [5.74, 6) is 1.23. The SMILES string of the molecule is Cc1cc(C(=O)CCc2nc(C3(N)CCCC3)no2)c(C)s1. The second kappa shape index (κ2) is 5.93. The van der Waals surface area contributed by atoms with Gasteiger partial charge in [0.05, 0.1) is 5.54 Å². The zero-order valence-electron chi connectivity index (χ0n) is 13.0. The molecule has 118 valence electrons. The molecule has 2 heterocycles. The fourth-order valence-electron chi connectivity index (χ4n) is 3.05. The van der Waals surface area contributed by atoms with Crippen LogP contribution in [0.1, 0.15) is 63.9 Å². The van der Waals surface area contributed by atoms with Crippen molar-refractivity contribution in [2.24, 2.45) is 5.73 Å². The average molecular weight is 319 g/mol. The van der Waals surface area contributed by atoms with Gasteiger partial charge in [-0.05, 0) is 32.8 Å². The van der Waals surface area contributed by atoms with Gasteiger partial charge in [-0.15, -0.1) is 11.3 Å². The van der Waals surface area contributed by atoms with E-state index in [4.69, 9.17) is 10.3 Å². The molecule has 1 saturated carbocycles. The van der Waals surface area contributed by atoms with E-state index in [0.29, 0.717) is 24.6 Å². The maximum atomic E-state index is 12.3. The van der Waals surface area contributed by atoms with Gasteiger partial charge in [0.25, 0.3) is 0 Å². The fraction of sp³-hybridized carbons (Fsp3) is 0.562. The highest BCUT2D eigenvalue weighted by Crippen LogP contribution is 2.34. The van der Waals surface area contributed by atoms with E-state index in [2.05, 4.69) is 10.1 Å². The smallest absolute Gasteiger partial charge is 0.227 e. The van der Waals surface area contributed by atoms with E-state index in [-0.39, 0.29) is 5.78 Å².